The third-order valence-corrected chi connectivity index (χ3v) is 6.53. The minimum atomic E-state index is -3.27. The van der Waals surface area contributed by atoms with Crippen molar-refractivity contribution in [1.29, 1.82) is 0 Å². The van der Waals surface area contributed by atoms with E-state index in [2.05, 4.69) is 10.0 Å². The van der Waals surface area contributed by atoms with Gasteiger partial charge in [-0.1, -0.05) is 32.0 Å². The van der Waals surface area contributed by atoms with Gasteiger partial charge in [-0.2, -0.15) is 0 Å². The van der Waals surface area contributed by atoms with Crippen molar-refractivity contribution in [3.63, 3.8) is 0 Å². The molecule has 10 heteroatoms. The van der Waals surface area contributed by atoms with Crippen molar-refractivity contribution in [3.05, 3.63) is 57.3 Å². The van der Waals surface area contributed by atoms with Crippen LogP contribution in [0.2, 0.25) is 0 Å². The fraction of sp³-hybridized carbons (Fsp3) is 0.409. The number of sulfonamides is 1. The molecule has 0 aliphatic carbocycles. The number of esters is 1. The van der Waals surface area contributed by atoms with E-state index >= 15 is 0 Å². The molecular weight excluding hydrogens is 452 g/mol. The monoisotopic (exact) mass is 480 g/mol. The van der Waals surface area contributed by atoms with Gasteiger partial charge in [-0.3, -0.25) is 9.59 Å². The van der Waals surface area contributed by atoms with Crippen LogP contribution in [-0.4, -0.2) is 51.5 Å². The second-order valence-corrected chi connectivity index (χ2v) is 10.7. The van der Waals surface area contributed by atoms with E-state index in [9.17, 15) is 22.8 Å². The van der Waals surface area contributed by atoms with Gasteiger partial charge in [-0.15, -0.1) is 11.3 Å². The summed E-state index contributed by atoms with van der Waals surface area (Å²) in [4.78, 5) is 38.8. The van der Waals surface area contributed by atoms with Gasteiger partial charge in [0.2, 0.25) is 15.8 Å². The molecule has 0 bridgehead atoms. The van der Waals surface area contributed by atoms with E-state index in [1.807, 2.05) is 19.1 Å². The Labute approximate surface area is 192 Å². The number of Topliss-reactive ketones (excluding diaryl/α,β-unsaturated/α-hetero) is 1. The smallest absolute Gasteiger partial charge is 0.329 e. The maximum Gasteiger partial charge on any atom is 0.329 e. The second kappa shape index (κ2) is 11.3. The zero-order chi connectivity index (χ0) is 23.9. The number of aryl methyl sites for hydroxylation is 1. The lowest BCUT2D eigenvalue weighted by Gasteiger charge is -2.21. The molecule has 174 valence electrons. The van der Waals surface area contributed by atoms with Gasteiger partial charge in [0.05, 0.1) is 11.1 Å². The van der Waals surface area contributed by atoms with Gasteiger partial charge in [-0.05, 0) is 43.0 Å². The number of hydrogen-bond donors (Lipinski definition) is 2. The van der Waals surface area contributed by atoms with Crippen LogP contribution in [0.15, 0.2) is 36.4 Å². The number of benzene rings is 1. The molecular formula is C22H28N2O6S2. The second-order valence-electron chi connectivity index (χ2n) is 7.72. The van der Waals surface area contributed by atoms with E-state index in [1.165, 1.54) is 11.3 Å². The van der Waals surface area contributed by atoms with Crippen LogP contribution < -0.4 is 10.0 Å². The average Bonchev–Trinajstić information content (AvgIpc) is 3.18. The summed E-state index contributed by atoms with van der Waals surface area (Å²) in [5, 5.41) is 2.70. The van der Waals surface area contributed by atoms with Crippen molar-refractivity contribution in [2.45, 2.75) is 33.2 Å². The van der Waals surface area contributed by atoms with E-state index in [4.69, 9.17) is 4.74 Å². The van der Waals surface area contributed by atoms with Gasteiger partial charge in [0, 0.05) is 17.0 Å². The van der Waals surface area contributed by atoms with Crippen LogP contribution in [0.3, 0.4) is 0 Å². The molecule has 0 saturated carbocycles. The zero-order valence-electron chi connectivity index (χ0n) is 18.5. The molecule has 8 nitrogen and oxygen atoms in total. The average molecular weight is 481 g/mol. The third kappa shape index (κ3) is 7.85. The summed E-state index contributed by atoms with van der Waals surface area (Å²) < 4.78 is 29.8. The predicted molar refractivity (Wildman–Crippen MR) is 123 cm³/mol. The van der Waals surface area contributed by atoms with E-state index in [0.717, 1.165) is 16.7 Å². The molecule has 1 heterocycles. The van der Waals surface area contributed by atoms with Crippen molar-refractivity contribution in [3.8, 4) is 0 Å². The highest BCUT2D eigenvalue weighted by atomic mass is 32.2. The first-order chi connectivity index (χ1) is 15.0. The van der Waals surface area contributed by atoms with Gasteiger partial charge >= 0.3 is 5.97 Å². The van der Waals surface area contributed by atoms with Crippen molar-refractivity contribution in [1.82, 2.24) is 10.0 Å². The van der Waals surface area contributed by atoms with Crippen molar-refractivity contribution < 1.29 is 27.5 Å². The molecule has 32 heavy (non-hydrogen) atoms. The Hall–Kier alpha value is -2.56. The van der Waals surface area contributed by atoms with Crippen LogP contribution in [0.25, 0.3) is 0 Å². The molecule has 1 atom stereocenters. The quantitative estimate of drug-likeness (QED) is 0.376. The van der Waals surface area contributed by atoms with Gasteiger partial charge < -0.3 is 10.1 Å². The molecule has 2 rings (SSSR count). The number of carbonyl (C=O) groups is 3. The van der Waals surface area contributed by atoms with Crippen LogP contribution in [-0.2, 0) is 26.0 Å². The largest absolute Gasteiger partial charge is 0.456 e. The van der Waals surface area contributed by atoms with Crippen molar-refractivity contribution >= 4 is 39.0 Å². The highest BCUT2D eigenvalue weighted by Crippen LogP contribution is 2.18. The molecule has 0 aliphatic heterocycles. The van der Waals surface area contributed by atoms with Gasteiger partial charge in [0.1, 0.15) is 6.04 Å². The number of carbonyl (C=O) groups excluding carboxylic acids is 3. The highest BCUT2D eigenvalue weighted by Gasteiger charge is 2.27. The van der Waals surface area contributed by atoms with Crippen LogP contribution in [0, 0.1) is 12.8 Å². The van der Waals surface area contributed by atoms with Crippen LogP contribution in [0.4, 0.5) is 0 Å². The standard InChI is InChI=1S/C22H28N2O6S2/c1-14(2)20(24-21(26)17-8-6-5-7-15(17)3)22(27)30-13-18(25)19-10-9-16(31-19)11-12-23-32(4,28)29/h5-10,14,20,23H,11-13H2,1-4H3,(H,24,26)/t20-/m0/s1. The molecule has 0 radical (unpaired) electrons. The minimum Gasteiger partial charge on any atom is -0.456 e. The molecule has 0 aliphatic rings. The van der Waals surface area contributed by atoms with Crippen molar-refractivity contribution in [2.75, 3.05) is 19.4 Å². The number of hydrogen-bond acceptors (Lipinski definition) is 7. The Morgan fingerprint density at radius 3 is 2.41 bits per heavy atom. The fourth-order valence-electron chi connectivity index (χ4n) is 2.86. The Balaban J connectivity index is 1.92. The summed E-state index contributed by atoms with van der Waals surface area (Å²) in [7, 11) is -3.27. The third-order valence-electron chi connectivity index (χ3n) is 4.61. The van der Waals surface area contributed by atoms with Crippen LogP contribution in [0.1, 0.15) is 44.3 Å². The maximum absolute atomic E-state index is 12.6. The molecule has 1 aromatic carbocycles. The molecule has 0 spiro atoms. The van der Waals surface area contributed by atoms with Gasteiger partial charge in [0.25, 0.3) is 5.91 Å². The lowest BCUT2D eigenvalue weighted by atomic mass is 10.0. The molecule has 0 fully saturated rings. The number of thiophene rings is 1. The highest BCUT2D eigenvalue weighted by molar-refractivity contribution is 7.88. The maximum atomic E-state index is 12.6. The fourth-order valence-corrected chi connectivity index (χ4v) is 4.27. The summed E-state index contributed by atoms with van der Waals surface area (Å²) in [6.07, 6.45) is 1.53. The summed E-state index contributed by atoms with van der Waals surface area (Å²) in [6.45, 7) is 5.16. The zero-order valence-corrected chi connectivity index (χ0v) is 20.1. The first kappa shape index (κ1) is 25.7. The Morgan fingerprint density at radius 2 is 1.78 bits per heavy atom. The number of ether oxygens (including phenoxy) is 1. The molecule has 1 aromatic heterocycles. The molecule has 0 saturated heterocycles. The lowest BCUT2D eigenvalue weighted by molar-refractivity contribution is -0.145. The normalized spacial score (nSPS) is 12.4. The molecule has 2 N–H and O–H groups in total. The number of rotatable bonds is 11. The number of ketones is 1. The van der Waals surface area contributed by atoms with Gasteiger partial charge in [-0.25, -0.2) is 17.9 Å². The summed E-state index contributed by atoms with van der Waals surface area (Å²) in [6, 6.07) is 9.52. The van der Waals surface area contributed by atoms with Gasteiger partial charge in [0.15, 0.2) is 6.61 Å². The predicted octanol–water partition coefficient (Wildman–Crippen LogP) is 2.33. The van der Waals surface area contributed by atoms with Crippen molar-refractivity contribution in [2.24, 2.45) is 5.92 Å². The van der Waals surface area contributed by atoms with E-state index in [-0.39, 0.29) is 24.2 Å². The summed E-state index contributed by atoms with van der Waals surface area (Å²) in [5.74, 6) is -1.65. The SMILES string of the molecule is Cc1ccccc1C(=O)N[C@H](C(=O)OCC(=O)c1ccc(CCNS(C)(=O)=O)s1)C(C)C. The number of nitrogens with one attached hydrogen (secondary N) is 2. The lowest BCUT2D eigenvalue weighted by Crippen LogP contribution is -2.45. The minimum absolute atomic E-state index is 0.235. The topological polar surface area (TPSA) is 119 Å². The summed E-state index contributed by atoms with van der Waals surface area (Å²) in [5.41, 5.74) is 1.26. The summed E-state index contributed by atoms with van der Waals surface area (Å²) >= 11 is 1.22. The Morgan fingerprint density at radius 1 is 1.09 bits per heavy atom. The van der Waals surface area contributed by atoms with E-state index in [1.54, 1.807) is 38.1 Å². The molecule has 0 unspecified atom stereocenters. The van der Waals surface area contributed by atoms with Crippen LogP contribution in [0.5, 0.6) is 0 Å². The molecule has 2 aromatic rings. The number of amides is 1. The first-order valence-electron chi connectivity index (χ1n) is 10.1. The van der Waals surface area contributed by atoms with E-state index in [0.29, 0.717) is 16.9 Å². The Kier molecular flexibility index (Phi) is 9.11. The van der Waals surface area contributed by atoms with E-state index < -0.39 is 28.6 Å². The molecule has 1 amide bonds. The van der Waals surface area contributed by atoms with Crippen LogP contribution >= 0.6 is 11.3 Å². The Bertz CT molecular complexity index is 1080. The first-order valence-corrected chi connectivity index (χ1v) is 12.8.